The van der Waals surface area contributed by atoms with Crippen LogP contribution in [0.4, 0.5) is 0 Å². The van der Waals surface area contributed by atoms with Gasteiger partial charge in [-0.25, -0.2) is 0 Å². The molecule has 0 aliphatic rings. The maximum atomic E-state index is 12.5. The zero-order chi connectivity index (χ0) is 42.6. The number of nitrogens with two attached hydrogens (primary N) is 1. The van der Waals surface area contributed by atoms with Crippen LogP contribution in [0.2, 0.25) is 0 Å². The Bertz CT molecular complexity index is 1510. The molecule has 2 atom stereocenters. The molecule has 324 valence electrons. The van der Waals surface area contributed by atoms with Gasteiger partial charge < -0.3 is 31.3 Å². The van der Waals surface area contributed by atoms with E-state index in [0.29, 0.717) is 31.7 Å². The third-order valence-electron chi connectivity index (χ3n) is 10.1. The molecule has 0 spiro atoms. The molecule has 0 saturated heterocycles. The normalized spacial score (nSPS) is 12.5. The number of Topliss-reactive ketones (excluding diaryl/α,β-unsaturated/α-hetero) is 3. The van der Waals surface area contributed by atoms with Crippen molar-refractivity contribution in [2.45, 2.75) is 160 Å². The first-order valence-corrected chi connectivity index (χ1v) is 21.0. The first-order chi connectivity index (χ1) is 27.8. The molecule has 16 nitrogen and oxygen atoms in total. The molecule has 58 heavy (non-hydrogen) atoms. The number of amides is 1. The number of ether oxygens (including phenoxy) is 1. The van der Waals surface area contributed by atoms with Gasteiger partial charge in [0.1, 0.15) is 18.0 Å². The van der Waals surface area contributed by atoms with Gasteiger partial charge >= 0.3 is 11.9 Å². The minimum atomic E-state index is -1.26. The average molecular weight is 814 g/mol. The summed E-state index contributed by atoms with van der Waals surface area (Å²) in [6, 6.07) is 6.85. The molecule has 0 radical (unpaired) electrons. The minimum absolute atomic E-state index is 0.0277. The average Bonchev–Trinajstić information content (AvgIpc) is 3.72. The Morgan fingerprint density at radius 1 is 0.793 bits per heavy atom. The molecule has 2 rings (SSSR count). The molecule has 7 N–H and O–H groups in total. The van der Waals surface area contributed by atoms with Crippen molar-refractivity contribution >= 4 is 35.2 Å². The first-order valence-electron chi connectivity index (χ1n) is 21.0. The number of aromatic amines is 1. The molecule has 1 aromatic heterocycles. The lowest BCUT2D eigenvalue weighted by atomic mass is 9.94. The predicted molar refractivity (Wildman–Crippen MR) is 219 cm³/mol. The number of aromatic nitrogens is 4. The highest BCUT2D eigenvalue weighted by Crippen LogP contribution is 2.20. The smallest absolute Gasteiger partial charge is 0.310 e. The third kappa shape index (κ3) is 23.0. The Balaban J connectivity index is 1.43. The summed E-state index contributed by atoms with van der Waals surface area (Å²) in [5.74, 6) is -3.15. The van der Waals surface area contributed by atoms with E-state index in [4.69, 9.17) is 15.6 Å². The lowest BCUT2D eigenvalue weighted by molar-refractivity contribution is -0.144. The fourth-order valence-corrected chi connectivity index (χ4v) is 6.42. The van der Waals surface area contributed by atoms with Gasteiger partial charge in [-0.1, -0.05) is 70.6 Å². The number of unbranched alkanes of at least 4 members (excludes halogenated alkanes) is 13. The highest BCUT2D eigenvalue weighted by molar-refractivity contribution is 5.98. The van der Waals surface area contributed by atoms with Crippen LogP contribution < -0.4 is 21.1 Å². The van der Waals surface area contributed by atoms with Crippen molar-refractivity contribution in [3.63, 3.8) is 0 Å². The van der Waals surface area contributed by atoms with Gasteiger partial charge in [-0.15, -0.1) is 10.2 Å². The monoisotopic (exact) mass is 814 g/mol. The number of rotatable bonds is 36. The maximum Gasteiger partial charge on any atom is 0.310 e. The number of H-pyrrole nitrogens is 1. The van der Waals surface area contributed by atoms with E-state index >= 15 is 0 Å². The van der Waals surface area contributed by atoms with Crippen LogP contribution in [0.5, 0.6) is 5.75 Å². The molecule has 0 fully saturated rings. The molecule has 2 aromatic rings. The lowest BCUT2D eigenvalue weighted by Crippen LogP contribution is -2.49. The van der Waals surface area contributed by atoms with Gasteiger partial charge in [-0.2, -0.15) is 5.21 Å². The van der Waals surface area contributed by atoms with Gasteiger partial charge in [0.25, 0.3) is 0 Å². The predicted octanol–water partition coefficient (Wildman–Crippen LogP) is 5.74. The third-order valence-corrected chi connectivity index (χ3v) is 10.1. The van der Waals surface area contributed by atoms with Crippen LogP contribution in [0, 0.1) is 5.92 Å². The van der Waals surface area contributed by atoms with E-state index in [1.165, 1.54) is 44.9 Å². The Hall–Kier alpha value is -4.57. The molecule has 1 amide bonds. The molecule has 1 aromatic carbocycles. The molecule has 0 saturated carbocycles. The van der Waals surface area contributed by atoms with Crippen molar-refractivity contribution < 1.29 is 43.7 Å². The second-order valence-corrected chi connectivity index (χ2v) is 15.7. The molecule has 0 aliphatic carbocycles. The number of carboxylic acid groups (broad SMARTS) is 2. The fraction of sp³-hybridized carbons (Fsp3) is 0.690. The first kappa shape index (κ1) is 49.6. The van der Waals surface area contributed by atoms with Gasteiger partial charge in [0.2, 0.25) is 11.7 Å². The van der Waals surface area contributed by atoms with E-state index in [9.17, 15) is 33.9 Å². The van der Waals surface area contributed by atoms with E-state index in [1.807, 2.05) is 24.3 Å². The zero-order valence-corrected chi connectivity index (χ0v) is 34.6. The van der Waals surface area contributed by atoms with Crippen molar-refractivity contribution in [1.82, 2.24) is 31.3 Å². The summed E-state index contributed by atoms with van der Waals surface area (Å²) in [4.78, 5) is 72.2. The number of nitrogens with zero attached hydrogens (tertiary/aromatic N) is 3. The number of hydrogen-bond donors (Lipinski definition) is 6. The quantitative estimate of drug-likeness (QED) is 0.0354. The van der Waals surface area contributed by atoms with E-state index < -0.39 is 41.6 Å². The summed E-state index contributed by atoms with van der Waals surface area (Å²) in [5.41, 5.74) is 5.59. The van der Waals surface area contributed by atoms with Gasteiger partial charge in [0.15, 0.2) is 11.6 Å². The summed E-state index contributed by atoms with van der Waals surface area (Å²) in [6.07, 6.45) is 15.5. The molecule has 0 bridgehead atoms. The summed E-state index contributed by atoms with van der Waals surface area (Å²) in [5, 5.41) is 38.1. The van der Waals surface area contributed by atoms with Crippen LogP contribution in [-0.2, 0) is 28.8 Å². The van der Waals surface area contributed by atoms with Gasteiger partial charge in [-0.3, -0.25) is 28.8 Å². The van der Waals surface area contributed by atoms with Gasteiger partial charge in [0, 0.05) is 31.4 Å². The summed E-state index contributed by atoms with van der Waals surface area (Å²) in [7, 11) is 0. The van der Waals surface area contributed by atoms with Crippen LogP contribution >= 0.6 is 0 Å². The number of carbonyl (C=O) groups excluding carboxylic acids is 4. The van der Waals surface area contributed by atoms with Crippen LogP contribution in [0.1, 0.15) is 149 Å². The Labute approximate surface area is 342 Å². The number of carboxylic acids is 2. The van der Waals surface area contributed by atoms with Crippen LogP contribution in [0.25, 0.3) is 11.4 Å². The molecular formula is C42H67N7O9. The topological polar surface area (TPSA) is 257 Å². The molecular weight excluding hydrogens is 747 g/mol. The number of hydrogen-bond acceptors (Lipinski definition) is 12. The van der Waals surface area contributed by atoms with Crippen molar-refractivity contribution in [3.8, 4) is 17.1 Å². The SMILES string of the molecule is CC(C)(N)C(=O)CN[C@@H](CCCCNC(=O)CCC(CC(=O)CCCCCCCCCCCCCCCOc1ccc(-c2nn[nH]n2)cc1)C(=O)O)C(=O)CC(=O)O. The molecule has 1 unspecified atom stereocenters. The van der Waals surface area contributed by atoms with E-state index in [0.717, 1.165) is 49.8 Å². The number of benzene rings is 1. The standard InChI is InChI=1S/C42H67N7O9/c1-42(2,43)37(52)30-45-35(36(51)29-39(54)55)19-15-16-26-44-38(53)25-22-32(41(56)57)28-33(50)18-14-12-10-8-6-4-3-5-7-9-11-13-17-27-58-34-23-20-31(21-24-34)40-46-48-49-47-40/h20-21,23-24,32,35,45H,3-19,22,25-30,43H2,1-2H3,(H,44,53)(H,54,55)(H,56,57)(H,46,47,48,49)/t32?,35-/m0/s1. The highest BCUT2D eigenvalue weighted by atomic mass is 16.5. The fourth-order valence-electron chi connectivity index (χ4n) is 6.42. The number of tetrazole rings is 1. The minimum Gasteiger partial charge on any atom is -0.494 e. The summed E-state index contributed by atoms with van der Waals surface area (Å²) < 4.78 is 5.84. The van der Waals surface area contributed by atoms with Crippen molar-refractivity contribution in [2.75, 3.05) is 19.7 Å². The van der Waals surface area contributed by atoms with E-state index in [1.54, 1.807) is 13.8 Å². The second-order valence-electron chi connectivity index (χ2n) is 15.7. The van der Waals surface area contributed by atoms with E-state index in [-0.39, 0.29) is 56.2 Å². The summed E-state index contributed by atoms with van der Waals surface area (Å²) in [6.45, 7) is 3.91. The molecule has 0 aliphatic heterocycles. The van der Waals surface area contributed by atoms with Crippen LogP contribution in [0.15, 0.2) is 24.3 Å². The second kappa shape index (κ2) is 28.8. The Morgan fingerprint density at radius 3 is 1.95 bits per heavy atom. The van der Waals surface area contributed by atoms with Crippen LogP contribution in [0.3, 0.4) is 0 Å². The van der Waals surface area contributed by atoms with E-state index in [2.05, 4.69) is 31.3 Å². The highest BCUT2D eigenvalue weighted by Gasteiger charge is 2.26. The van der Waals surface area contributed by atoms with Gasteiger partial charge in [0.05, 0.1) is 30.7 Å². The lowest BCUT2D eigenvalue weighted by Gasteiger charge is -2.21. The largest absolute Gasteiger partial charge is 0.494 e. The summed E-state index contributed by atoms with van der Waals surface area (Å²) >= 11 is 0. The van der Waals surface area contributed by atoms with Crippen molar-refractivity contribution in [1.29, 1.82) is 0 Å². The van der Waals surface area contributed by atoms with Crippen molar-refractivity contribution in [2.24, 2.45) is 11.7 Å². The Morgan fingerprint density at radius 2 is 1.40 bits per heavy atom. The molecule has 1 heterocycles. The van der Waals surface area contributed by atoms with Crippen molar-refractivity contribution in [3.05, 3.63) is 24.3 Å². The number of carbonyl (C=O) groups is 6. The maximum absolute atomic E-state index is 12.5. The number of ketones is 3. The zero-order valence-electron chi connectivity index (χ0n) is 34.6. The Kier molecular flexibility index (Phi) is 24.6. The van der Waals surface area contributed by atoms with Crippen LogP contribution in [-0.4, -0.2) is 97.3 Å². The molecule has 16 heteroatoms. The van der Waals surface area contributed by atoms with Gasteiger partial charge in [-0.05, 0) is 81.9 Å². The number of nitrogens with one attached hydrogen (secondary N) is 3. The number of aliphatic carboxylic acids is 2.